The molecule has 4 rings (SSSR count). The van der Waals surface area contributed by atoms with Crippen LogP contribution in [0.2, 0.25) is 0 Å². The van der Waals surface area contributed by atoms with Crippen molar-refractivity contribution in [2.75, 3.05) is 0 Å². The zero-order valence-corrected chi connectivity index (χ0v) is 16.8. The Balaban J connectivity index is 1.83. The molecule has 0 aliphatic heterocycles. The monoisotopic (exact) mass is 436 g/mol. The molecular formula is C21H12N2O5S2. The van der Waals surface area contributed by atoms with Crippen LogP contribution in [-0.2, 0) is 0 Å². The first-order valence-electron chi connectivity index (χ1n) is 8.66. The van der Waals surface area contributed by atoms with Crippen molar-refractivity contribution in [2.24, 2.45) is 0 Å². The van der Waals surface area contributed by atoms with Gasteiger partial charge in [-0.1, -0.05) is 24.3 Å². The molecule has 0 amide bonds. The van der Waals surface area contributed by atoms with Crippen molar-refractivity contribution in [2.45, 2.75) is 0 Å². The van der Waals surface area contributed by atoms with Crippen LogP contribution in [0.3, 0.4) is 0 Å². The minimum absolute atomic E-state index is 0.0879. The Morgan fingerprint density at radius 3 is 1.43 bits per heavy atom. The number of benzene rings is 2. The Hall–Kier alpha value is -3.69. The van der Waals surface area contributed by atoms with E-state index in [1.807, 2.05) is 0 Å². The highest BCUT2D eigenvalue weighted by Gasteiger charge is 2.26. The highest BCUT2D eigenvalue weighted by Crippen LogP contribution is 2.40. The lowest BCUT2D eigenvalue weighted by molar-refractivity contribution is -0.384. The topological polar surface area (TPSA) is 103 Å². The van der Waals surface area contributed by atoms with E-state index in [0.717, 1.165) is 0 Å². The molecule has 30 heavy (non-hydrogen) atoms. The van der Waals surface area contributed by atoms with Crippen molar-refractivity contribution in [3.63, 3.8) is 0 Å². The molecule has 0 fully saturated rings. The average molecular weight is 436 g/mol. The predicted octanol–water partition coefficient (Wildman–Crippen LogP) is 6.19. The third kappa shape index (κ3) is 3.40. The summed E-state index contributed by atoms with van der Waals surface area (Å²) in [6.45, 7) is 0. The maximum atomic E-state index is 13.4. The van der Waals surface area contributed by atoms with Crippen LogP contribution in [0.1, 0.15) is 14.5 Å². The van der Waals surface area contributed by atoms with Gasteiger partial charge in [-0.2, -0.15) is 0 Å². The van der Waals surface area contributed by atoms with Crippen LogP contribution in [0.15, 0.2) is 71.4 Å². The fourth-order valence-corrected chi connectivity index (χ4v) is 4.99. The standard InChI is InChI=1S/C21H12N2O5S2/c24-19(20-15(9-11-29-20)13-5-1-3-7-17(13)22(25)26)21-16(10-12-30-21)14-6-2-4-8-18(14)23(27)28/h1-12H. The molecule has 9 heteroatoms. The summed E-state index contributed by atoms with van der Waals surface area (Å²) in [6.07, 6.45) is 0. The van der Waals surface area contributed by atoms with E-state index in [1.165, 1.54) is 34.8 Å². The first-order valence-corrected chi connectivity index (χ1v) is 10.4. The van der Waals surface area contributed by atoms with Crippen molar-refractivity contribution < 1.29 is 14.6 Å². The van der Waals surface area contributed by atoms with Crippen molar-refractivity contribution in [3.05, 3.63) is 101 Å². The van der Waals surface area contributed by atoms with Crippen LogP contribution in [0.25, 0.3) is 22.3 Å². The molecule has 0 radical (unpaired) electrons. The summed E-state index contributed by atoms with van der Waals surface area (Å²) >= 11 is 2.37. The number of nitro benzene ring substituents is 2. The number of carbonyl (C=O) groups is 1. The van der Waals surface area contributed by atoms with E-state index in [-0.39, 0.29) is 17.2 Å². The third-order valence-corrected chi connectivity index (χ3v) is 6.35. The minimum atomic E-state index is -0.481. The quantitative estimate of drug-likeness (QED) is 0.204. The third-order valence-electron chi connectivity index (χ3n) is 4.52. The van der Waals surface area contributed by atoms with E-state index in [9.17, 15) is 25.0 Å². The van der Waals surface area contributed by atoms with Gasteiger partial charge in [-0.15, -0.1) is 22.7 Å². The second kappa shape index (κ2) is 7.97. The smallest absolute Gasteiger partial charge is 0.277 e. The Labute approximate surface area is 178 Å². The number of carbonyl (C=O) groups excluding carboxylic acids is 1. The molecule has 0 saturated carbocycles. The first kappa shape index (κ1) is 19.6. The van der Waals surface area contributed by atoms with Gasteiger partial charge in [-0.3, -0.25) is 25.0 Å². The predicted molar refractivity (Wildman–Crippen MR) is 116 cm³/mol. The van der Waals surface area contributed by atoms with Crippen molar-refractivity contribution in [1.82, 2.24) is 0 Å². The number of hydrogen-bond acceptors (Lipinski definition) is 7. The van der Waals surface area contributed by atoms with Crippen molar-refractivity contribution in [3.8, 4) is 22.3 Å². The van der Waals surface area contributed by atoms with Crippen LogP contribution in [0.5, 0.6) is 0 Å². The number of nitrogens with zero attached hydrogens (tertiary/aromatic N) is 2. The maximum absolute atomic E-state index is 13.4. The molecule has 0 atom stereocenters. The zero-order valence-electron chi connectivity index (χ0n) is 15.2. The maximum Gasteiger partial charge on any atom is 0.277 e. The fraction of sp³-hybridized carbons (Fsp3) is 0. The van der Waals surface area contributed by atoms with Gasteiger partial charge in [0.25, 0.3) is 11.4 Å². The molecule has 0 aliphatic rings. The largest absolute Gasteiger partial charge is 0.287 e. The Morgan fingerprint density at radius 1 is 0.633 bits per heavy atom. The fourth-order valence-electron chi connectivity index (χ4n) is 3.22. The van der Waals surface area contributed by atoms with E-state index in [2.05, 4.69) is 0 Å². The van der Waals surface area contributed by atoms with E-state index in [4.69, 9.17) is 0 Å². The number of ketones is 1. The van der Waals surface area contributed by atoms with Crippen molar-refractivity contribution in [1.29, 1.82) is 0 Å². The normalized spacial score (nSPS) is 10.7. The number of nitro groups is 2. The van der Waals surface area contributed by atoms with Gasteiger partial charge in [-0.25, -0.2) is 0 Å². The SMILES string of the molecule is O=C(c1sccc1-c1ccccc1[N+](=O)[O-])c1sccc1-c1ccccc1[N+](=O)[O-]. The van der Waals surface area contributed by atoms with Gasteiger partial charge >= 0.3 is 0 Å². The molecule has 0 saturated heterocycles. The number of hydrogen-bond donors (Lipinski definition) is 0. The van der Waals surface area contributed by atoms with Gasteiger partial charge < -0.3 is 0 Å². The van der Waals surface area contributed by atoms with Gasteiger partial charge in [0.05, 0.1) is 30.7 Å². The molecule has 0 spiro atoms. The Morgan fingerprint density at radius 2 is 1.03 bits per heavy atom. The summed E-state index contributed by atoms with van der Waals surface area (Å²) in [5.74, 6) is -0.318. The van der Waals surface area contributed by atoms with Crippen LogP contribution in [0.4, 0.5) is 11.4 Å². The van der Waals surface area contributed by atoms with Crippen molar-refractivity contribution >= 4 is 39.8 Å². The van der Waals surface area contributed by atoms with Crippen LogP contribution in [-0.4, -0.2) is 15.6 Å². The Kier molecular flexibility index (Phi) is 5.21. The molecular weight excluding hydrogens is 424 g/mol. The lowest BCUT2D eigenvalue weighted by Gasteiger charge is -2.07. The van der Waals surface area contributed by atoms with Gasteiger partial charge in [0.2, 0.25) is 5.78 Å². The number of rotatable bonds is 6. The van der Waals surface area contributed by atoms with Crippen LogP contribution < -0.4 is 0 Å². The molecule has 2 heterocycles. The van der Waals surface area contributed by atoms with Gasteiger partial charge in [0, 0.05) is 23.3 Å². The lowest BCUT2D eigenvalue weighted by atomic mass is 9.99. The summed E-state index contributed by atoms with van der Waals surface area (Å²) in [5.41, 5.74) is 1.48. The average Bonchev–Trinajstić information content (AvgIpc) is 3.43. The van der Waals surface area contributed by atoms with Gasteiger partial charge in [-0.05, 0) is 35.0 Å². The summed E-state index contributed by atoms with van der Waals surface area (Å²) in [7, 11) is 0. The van der Waals surface area contributed by atoms with E-state index >= 15 is 0 Å². The van der Waals surface area contributed by atoms with E-state index in [1.54, 1.807) is 59.3 Å². The molecule has 0 bridgehead atoms. The highest BCUT2D eigenvalue weighted by atomic mass is 32.1. The minimum Gasteiger partial charge on any atom is -0.287 e. The molecule has 0 aliphatic carbocycles. The summed E-state index contributed by atoms with van der Waals surface area (Å²) in [5, 5.41) is 26.3. The summed E-state index contributed by atoms with van der Waals surface area (Å²) in [6, 6.07) is 15.9. The lowest BCUT2D eigenvalue weighted by Crippen LogP contribution is -2.01. The second-order valence-electron chi connectivity index (χ2n) is 6.20. The molecule has 0 unspecified atom stereocenters. The molecule has 148 valence electrons. The molecule has 4 aromatic rings. The molecule has 2 aromatic heterocycles. The van der Waals surface area contributed by atoms with Gasteiger partial charge in [0.1, 0.15) is 0 Å². The Bertz CT molecular complexity index is 1190. The van der Waals surface area contributed by atoms with Crippen LogP contribution in [0, 0.1) is 20.2 Å². The van der Waals surface area contributed by atoms with Crippen LogP contribution >= 0.6 is 22.7 Å². The van der Waals surface area contributed by atoms with E-state index < -0.39 is 9.85 Å². The number of para-hydroxylation sites is 2. The highest BCUT2D eigenvalue weighted by molar-refractivity contribution is 7.16. The van der Waals surface area contributed by atoms with E-state index in [0.29, 0.717) is 32.0 Å². The molecule has 7 nitrogen and oxygen atoms in total. The number of thiophene rings is 2. The second-order valence-corrected chi connectivity index (χ2v) is 8.04. The van der Waals surface area contributed by atoms with Gasteiger partial charge in [0.15, 0.2) is 0 Å². The zero-order chi connectivity index (χ0) is 21.3. The summed E-state index contributed by atoms with van der Waals surface area (Å²) < 4.78 is 0. The molecule has 0 N–H and O–H groups in total. The first-order chi connectivity index (χ1) is 14.5. The summed E-state index contributed by atoms with van der Waals surface area (Å²) in [4.78, 5) is 36.0. The molecule has 2 aromatic carbocycles.